The van der Waals surface area contributed by atoms with Crippen molar-refractivity contribution >= 4 is 11.5 Å². The molecule has 0 unspecified atom stereocenters. The Hall–Kier alpha value is -1.49. The normalized spacial score (nSPS) is 11.7. The summed E-state index contributed by atoms with van der Waals surface area (Å²) in [6.07, 6.45) is 1.09. The van der Waals surface area contributed by atoms with E-state index in [2.05, 4.69) is 24.1 Å². The number of hydrogen-bond donors (Lipinski definition) is 2. The lowest BCUT2D eigenvalue weighted by Crippen LogP contribution is -2.24. The van der Waals surface area contributed by atoms with Crippen LogP contribution in [0.3, 0.4) is 0 Å². The molecule has 0 aliphatic heterocycles. The molecule has 0 aliphatic carbocycles. The molecule has 0 fully saturated rings. The van der Waals surface area contributed by atoms with Crippen molar-refractivity contribution in [1.29, 1.82) is 0 Å². The summed E-state index contributed by atoms with van der Waals surface area (Å²) in [6.45, 7) is 12.5. The Kier molecular flexibility index (Phi) is 6.75. The van der Waals surface area contributed by atoms with E-state index in [1.165, 1.54) is 0 Å². The van der Waals surface area contributed by atoms with Crippen molar-refractivity contribution < 1.29 is 9.47 Å². The maximum absolute atomic E-state index is 5.88. The average Bonchev–Trinajstić information content (AvgIpc) is 2.35. The zero-order valence-corrected chi connectivity index (χ0v) is 13.9. The van der Waals surface area contributed by atoms with E-state index in [4.69, 9.17) is 15.2 Å². The van der Waals surface area contributed by atoms with E-state index in [9.17, 15) is 0 Å². The maximum atomic E-state index is 5.88. The summed E-state index contributed by atoms with van der Waals surface area (Å²) in [5.41, 5.74) is 6.10. The highest BCUT2D eigenvalue weighted by Gasteiger charge is 2.15. The van der Waals surface area contributed by atoms with Gasteiger partial charge in [0, 0.05) is 13.2 Å². The van der Waals surface area contributed by atoms with Crippen LogP contribution in [-0.4, -0.2) is 30.3 Å². The van der Waals surface area contributed by atoms with Gasteiger partial charge in [-0.25, -0.2) is 0 Å². The van der Waals surface area contributed by atoms with E-state index in [0.717, 1.165) is 18.8 Å². The third-order valence-electron chi connectivity index (χ3n) is 2.68. The second-order valence-corrected chi connectivity index (χ2v) is 6.53. The van der Waals surface area contributed by atoms with Crippen LogP contribution in [0.4, 0.5) is 11.5 Å². The zero-order chi connectivity index (χ0) is 15.9. The molecule has 0 atom stereocenters. The molecule has 1 aromatic heterocycles. The highest BCUT2D eigenvalue weighted by molar-refractivity contribution is 5.53. The van der Waals surface area contributed by atoms with Crippen LogP contribution in [0.2, 0.25) is 0 Å². The van der Waals surface area contributed by atoms with Gasteiger partial charge in [-0.2, -0.15) is 4.98 Å². The number of nitrogens with two attached hydrogens (primary N) is 1. The van der Waals surface area contributed by atoms with Crippen LogP contribution in [0.5, 0.6) is 5.88 Å². The Labute approximate surface area is 128 Å². The molecule has 1 aromatic rings. The predicted octanol–water partition coefficient (Wildman–Crippen LogP) is 3.32. The van der Waals surface area contributed by atoms with Crippen molar-refractivity contribution in [2.24, 2.45) is 5.92 Å². The molecule has 5 nitrogen and oxygen atoms in total. The van der Waals surface area contributed by atoms with Crippen molar-refractivity contribution in [2.45, 2.75) is 46.6 Å². The average molecular weight is 295 g/mol. The number of pyridine rings is 1. The second-order valence-electron chi connectivity index (χ2n) is 6.53. The molecule has 1 rings (SSSR count). The molecule has 21 heavy (non-hydrogen) atoms. The number of nitrogens with zero attached hydrogens (tertiary/aromatic N) is 1. The van der Waals surface area contributed by atoms with Crippen molar-refractivity contribution in [2.75, 3.05) is 30.8 Å². The molecule has 0 aromatic carbocycles. The molecule has 120 valence electrons. The fourth-order valence-corrected chi connectivity index (χ4v) is 1.59. The van der Waals surface area contributed by atoms with Crippen molar-refractivity contribution in [3.05, 3.63) is 12.1 Å². The van der Waals surface area contributed by atoms with E-state index in [-0.39, 0.29) is 5.60 Å². The van der Waals surface area contributed by atoms with Crippen molar-refractivity contribution in [1.82, 2.24) is 4.98 Å². The zero-order valence-electron chi connectivity index (χ0n) is 13.9. The Morgan fingerprint density at radius 2 is 1.95 bits per heavy atom. The number of hydrogen-bond acceptors (Lipinski definition) is 5. The minimum Gasteiger partial charge on any atom is -0.470 e. The molecule has 5 heteroatoms. The highest BCUT2D eigenvalue weighted by Crippen LogP contribution is 2.24. The first kappa shape index (κ1) is 17.6. The molecule has 0 saturated heterocycles. The summed E-state index contributed by atoms with van der Waals surface area (Å²) in [4.78, 5) is 4.39. The largest absolute Gasteiger partial charge is 0.470 e. The molecular formula is C16H29N3O2. The smallest absolute Gasteiger partial charge is 0.239 e. The SMILES string of the molecule is CC(C)CCOCCNc1ccc(N)c(OC(C)(C)C)n1. The third-order valence-corrected chi connectivity index (χ3v) is 2.68. The van der Waals surface area contributed by atoms with Crippen LogP contribution in [-0.2, 0) is 4.74 Å². The van der Waals surface area contributed by atoms with Gasteiger partial charge in [0.1, 0.15) is 11.4 Å². The number of nitrogen functional groups attached to an aromatic ring is 1. The van der Waals surface area contributed by atoms with Crippen molar-refractivity contribution in [3.8, 4) is 5.88 Å². The first-order valence-electron chi connectivity index (χ1n) is 7.55. The molecule has 3 N–H and O–H groups in total. The van der Waals surface area contributed by atoms with Crippen molar-refractivity contribution in [3.63, 3.8) is 0 Å². The fourth-order valence-electron chi connectivity index (χ4n) is 1.59. The maximum Gasteiger partial charge on any atom is 0.239 e. The number of rotatable bonds is 8. The predicted molar refractivity (Wildman–Crippen MR) is 87.8 cm³/mol. The van der Waals surface area contributed by atoms with E-state index in [1.807, 2.05) is 26.8 Å². The monoisotopic (exact) mass is 295 g/mol. The molecular weight excluding hydrogens is 266 g/mol. The quantitative estimate of drug-likeness (QED) is 0.720. The summed E-state index contributed by atoms with van der Waals surface area (Å²) in [5, 5.41) is 3.21. The number of ether oxygens (including phenoxy) is 2. The molecule has 0 radical (unpaired) electrons. The summed E-state index contributed by atoms with van der Waals surface area (Å²) < 4.78 is 11.3. The van der Waals surface area contributed by atoms with E-state index in [1.54, 1.807) is 6.07 Å². The van der Waals surface area contributed by atoms with Gasteiger partial charge < -0.3 is 20.5 Å². The summed E-state index contributed by atoms with van der Waals surface area (Å²) in [6, 6.07) is 3.65. The van der Waals surface area contributed by atoms with Gasteiger partial charge in [-0.05, 0) is 45.2 Å². The Bertz CT molecular complexity index is 428. The van der Waals surface area contributed by atoms with Gasteiger partial charge in [-0.15, -0.1) is 0 Å². The topological polar surface area (TPSA) is 69.4 Å². The molecule has 0 aliphatic rings. The Balaban J connectivity index is 2.40. The van der Waals surface area contributed by atoms with Gasteiger partial charge in [0.15, 0.2) is 0 Å². The molecule has 0 spiro atoms. The lowest BCUT2D eigenvalue weighted by molar-refractivity contribution is 0.125. The van der Waals surface area contributed by atoms with Crippen LogP contribution < -0.4 is 15.8 Å². The summed E-state index contributed by atoms with van der Waals surface area (Å²) >= 11 is 0. The van der Waals surface area contributed by atoms with Gasteiger partial charge in [0.25, 0.3) is 0 Å². The third kappa shape index (κ3) is 7.75. The number of nitrogens with one attached hydrogen (secondary N) is 1. The molecule has 1 heterocycles. The first-order chi connectivity index (χ1) is 9.78. The highest BCUT2D eigenvalue weighted by atomic mass is 16.5. The van der Waals surface area contributed by atoms with Gasteiger partial charge >= 0.3 is 0 Å². The lowest BCUT2D eigenvalue weighted by Gasteiger charge is -2.21. The van der Waals surface area contributed by atoms with Crippen LogP contribution in [0.15, 0.2) is 12.1 Å². The van der Waals surface area contributed by atoms with Gasteiger partial charge in [0.2, 0.25) is 5.88 Å². The van der Waals surface area contributed by atoms with Crippen LogP contribution >= 0.6 is 0 Å². The number of anilines is 2. The first-order valence-corrected chi connectivity index (χ1v) is 7.55. The molecule has 0 bridgehead atoms. The standard InChI is InChI=1S/C16H29N3O2/c1-12(2)8-10-20-11-9-18-14-7-6-13(17)15(19-14)21-16(3,4)5/h6-7,12H,8-11,17H2,1-5H3,(H,18,19). The van der Waals surface area contributed by atoms with E-state index < -0.39 is 0 Å². The van der Waals surface area contributed by atoms with Gasteiger partial charge in [0.05, 0.1) is 12.3 Å². The van der Waals surface area contributed by atoms with Gasteiger partial charge in [-0.3, -0.25) is 0 Å². The van der Waals surface area contributed by atoms with Crippen LogP contribution in [0.1, 0.15) is 41.0 Å². The Morgan fingerprint density at radius 1 is 1.24 bits per heavy atom. The summed E-state index contributed by atoms with van der Waals surface area (Å²) in [7, 11) is 0. The lowest BCUT2D eigenvalue weighted by atomic mass is 10.1. The van der Waals surface area contributed by atoms with E-state index >= 15 is 0 Å². The molecule has 0 saturated carbocycles. The van der Waals surface area contributed by atoms with Gasteiger partial charge in [-0.1, -0.05) is 13.8 Å². The van der Waals surface area contributed by atoms with Crippen LogP contribution in [0, 0.1) is 5.92 Å². The number of aromatic nitrogens is 1. The molecule has 0 amide bonds. The summed E-state index contributed by atoms with van der Waals surface area (Å²) in [5.74, 6) is 1.89. The minimum absolute atomic E-state index is 0.320. The minimum atomic E-state index is -0.320. The Morgan fingerprint density at radius 3 is 2.57 bits per heavy atom. The second kappa shape index (κ2) is 8.08. The fraction of sp³-hybridized carbons (Fsp3) is 0.688. The van der Waals surface area contributed by atoms with Crippen LogP contribution in [0.25, 0.3) is 0 Å². The van der Waals surface area contributed by atoms with E-state index in [0.29, 0.717) is 30.6 Å².